The number of anilines is 1. The molecule has 39 heavy (non-hydrogen) atoms. The molecule has 3 rings (SSSR count). The molecular formula is C29H33Cl2N3O4S. The number of carbonyl (C=O) groups excluding carboxylic acids is 2. The minimum Gasteiger partial charge on any atom is -0.350 e. The second-order valence-corrected chi connectivity index (χ2v) is 13.1. The summed E-state index contributed by atoms with van der Waals surface area (Å²) in [6, 6.07) is 21.7. The summed E-state index contributed by atoms with van der Waals surface area (Å²) in [5, 5.41) is 3.86. The van der Waals surface area contributed by atoms with E-state index in [1.165, 1.54) is 11.0 Å². The average molecular weight is 591 g/mol. The van der Waals surface area contributed by atoms with Crippen molar-refractivity contribution in [2.75, 3.05) is 17.1 Å². The van der Waals surface area contributed by atoms with Gasteiger partial charge >= 0.3 is 0 Å². The monoisotopic (exact) mass is 589 g/mol. The van der Waals surface area contributed by atoms with E-state index in [0.29, 0.717) is 10.0 Å². The van der Waals surface area contributed by atoms with Crippen LogP contribution in [0, 0.1) is 0 Å². The van der Waals surface area contributed by atoms with Crippen LogP contribution in [-0.2, 0) is 32.6 Å². The molecule has 3 aromatic rings. The molecule has 0 aliphatic rings. The van der Waals surface area contributed by atoms with E-state index in [1.807, 2.05) is 51.1 Å². The Morgan fingerprint density at radius 2 is 1.51 bits per heavy atom. The smallest absolute Gasteiger partial charge is 0.244 e. The van der Waals surface area contributed by atoms with Crippen molar-refractivity contribution in [1.82, 2.24) is 10.2 Å². The fourth-order valence-electron chi connectivity index (χ4n) is 4.04. The van der Waals surface area contributed by atoms with Crippen LogP contribution < -0.4 is 9.62 Å². The number of rotatable bonds is 10. The van der Waals surface area contributed by atoms with Gasteiger partial charge in [-0.1, -0.05) is 71.7 Å². The fourth-order valence-corrected chi connectivity index (χ4v) is 5.19. The molecular weight excluding hydrogens is 557 g/mol. The predicted molar refractivity (Wildman–Crippen MR) is 157 cm³/mol. The maximum absolute atomic E-state index is 14.0. The van der Waals surface area contributed by atoms with Gasteiger partial charge in [0.25, 0.3) is 0 Å². The number of nitrogens with zero attached hydrogens (tertiary/aromatic N) is 2. The topological polar surface area (TPSA) is 86.8 Å². The van der Waals surface area contributed by atoms with Crippen LogP contribution in [0.25, 0.3) is 0 Å². The zero-order valence-corrected chi connectivity index (χ0v) is 24.7. The van der Waals surface area contributed by atoms with Gasteiger partial charge in [-0.05, 0) is 62.2 Å². The lowest BCUT2D eigenvalue weighted by Crippen LogP contribution is -2.56. The number of hydrogen-bond acceptors (Lipinski definition) is 4. The summed E-state index contributed by atoms with van der Waals surface area (Å²) in [5.41, 5.74) is 1.29. The second kappa shape index (κ2) is 12.9. The lowest BCUT2D eigenvalue weighted by molar-refractivity contribution is -0.140. The molecule has 1 atom stereocenters. The number of nitrogens with one attached hydrogen (secondary N) is 1. The molecule has 0 bridgehead atoms. The van der Waals surface area contributed by atoms with Crippen LogP contribution >= 0.6 is 23.2 Å². The molecule has 0 fully saturated rings. The van der Waals surface area contributed by atoms with Crippen LogP contribution in [0.4, 0.5) is 5.69 Å². The van der Waals surface area contributed by atoms with Gasteiger partial charge < -0.3 is 10.2 Å². The lowest BCUT2D eigenvalue weighted by atomic mass is 10.0. The minimum atomic E-state index is -3.87. The van der Waals surface area contributed by atoms with Crippen molar-refractivity contribution in [1.29, 1.82) is 0 Å². The molecule has 0 aliphatic heterocycles. The molecule has 0 spiro atoms. The zero-order chi connectivity index (χ0) is 28.8. The van der Waals surface area contributed by atoms with Crippen LogP contribution in [0.2, 0.25) is 10.0 Å². The van der Waals surface area contributed by atoms with E-state index in [4.69, 9.17) is 23.2 Å². The van der Waals surface area contributed by atoms with Crippen LogP contribution in [0.1, 0.15) is 31.9 Å². The Hall–Kier alpha value is -3.07. The molecule has 2 amide bonds. The van der Waals surface area contributed by atoms with Gasteiger partial charge in [-0.2, -0.15) is 0 Å². The van der Waals surface area contributed by atoms with E-state index in [9.17, 15) is 18.0 Å². The first-order valence-corrected chi connectivity index (χ1v) is 15.0. The first kappa shape index (κ1) is 30.5. The molecule has 208 valence electrons. The molecule has 0 radical (unpaired) electrons. The van der Waals surface area contributed by atoms with Gasteiger partial charge in [-0.3, -0.25) is 13.9 Å². The molecule has 0 aliphatic carbocycles. The summed E-state index contributed by atoms with van der Waals surface area (Å²) < 4.78 is 26.6. The largest absolute Gasteiger partial charge is 0.350 e. The maximum atomic E-state index is 14.0. The summed E-state index contributed by atoms with van der Waals surface area (Å²) in [6.45, 7) is 5.14. The molecule has 1 unspecified atom stereocenters. The average Bonchev–Trinajstić information content (AvgIpc) is 2.84. The Bertz CT molecular complexity index is 1390. The van der Waals surface area contributed by atoms with Crippen molar-refractivity contribution in [3.8, 4) is 0 Å². The Kier molecular flexibility index (Phi) is 10.0. The minimum absolute atomic E-state index is 0.0677. The van der Waals surface area contributed by atoms with Crippen molar-refractivity contribution >= 4 is 50.7 Å². The standard InChI is InChI=1S/C29H33Cl2N3O4S/c1-29(2,3)32-28(36)26(17-21-9-6-5-7-10-21)33(19-22-13-15-23(30)16-14-22)27(35)20-34(39(4,37)38)25-12-8-11-24(31)18-25/h5-16,18,26H,17,19-20H2,1-4H3,(H,32,36). The first-order valence-electron chi connectivity index (χ1n) is 12.4. The highest BCUT2D eigenvalue weighted by Crippen LogP contribution is 2.23. The highest BCUT2D eigenvalue weighted by molar-refractivity contribution is 7.92. The van der Waals surface area contributed by atoms with Crippen molar-refractivity contribution in [3.05, 3.63) is 100 Å². The molecule has 7 nitrogen and oxygen atoms in total. The van der Waals surface area contributed by atoms with Crippen molar-refractivity contribution in [2.45, 2.75) is 45.3 Å². The molecule has 1 N–H and O–H groups in total. The number of hydrogen-bond donors (Lipinski definition) is 1. The molecule has 0 saturated heterocycles. The molecule has 0 aromatic heterocycles. The first-order chi connectivity index (χ1) is 18.2. The SMILES string of the molecule is CC(C)(C)NC(=O)C(Cc1ccccc1)N(Cc1ccc(Cl)cc1)C(=O)CN(c1cccc(Cl)c1)S(C)(=O)=O. The molecule has 10 heteroatoms. The van der Waals surface area contributed by atoms with Crippen LogP contribution in [-0.4, -0.2) is 49.5 Å². The number of benzene rings is 3. The predicted octanol–water partition coefficient (Wildman–Crippen LogP) is 5.31. The van der Waals surface area contributed by atoms with Crippen LogP contribution in [0.5, 0.6) is 0 Å². The quantitative estimate of drug-likeness (QED) is 0.347. The Morgan fingerprint density at radius 1 is 0.872 bits per heavy atom. The summed E-state index contributed by atoms with van der Waals surface area (Å²) >= 11 is 12.2. The molecule has 0 saturated carbocycles. The van der Waals surface area contributed by atoms with E-state index < -0.39 is 34.1 Å². The number of amides is 2. The third-order valence-corrected chi connectivity index (χ3v) is 7.44. The summed E-state index contributed by atoms with van der Waals surface area (Å²) in [6.07, 6.45) is 1.26. The highest BCUT2D eigenvalue weighted by atomic mass is 35.5. The lowest BCUT2D eigenvalue weighted by Gasteiger charge is -2.35. The molecule has 3 aromatic carbocycles. The van der Waals surface area contributed by atoms with Gasteiger partial charge in [0.1, 0.15) is 12.6 Å². The van der Waals surface area contributed by atoms with E-state index in [0.717, 1.165) is 21.7 Å². The summed E-state index contributed by atoms with van der Waals surface area (Å²) in [7, 11) is -3.87. The maximum Gasteiger partial charge on any atom is 0.244 e. The number of carbonyl (C=O) groups is 2. The second-order valence-electron chi connectivity index (χ2n) is 10.3. The van der Waals surface area contributed by atoms with Gasteiger partial charge in [-0.15, -0.1) is 0 Å². The fraction of sp³-hybridized carbons (Fsp3) is 0.310. The molecule has 0 heterocycles. The van der Waals surface area contributed by atoms with Crippen LogP contribution in [0.15, 0.2) is 78.9 Å². The number of sulfonamides is 1. The van der Waals surface area contributed by atoms with Crippen molar-refractivity contribution < 1.29 is 18.0 Å². The normalized spacial score (nSPS) is 12.5. The Labute approximate surface area is 240 Å². The zero-order valence-electron chi connectivity index (χ0n) is 22.4. The Morgan fingerprint density at radius 3 is 2.08 bits per heavy atom. The highest BCUT2D eigenvalue weighted by Gasteiger charge is 2.34. The van der Waals surface area contributed by atoms with Gasteiger partial charge in [0.05, 0.1) is 11.9 Å². The van der Waals surface area contributed by atoms with Crippen molar-refractivity contribution in [2.24, 2.45) is 0 Å². The summed E-state index contributed by atoms with van der Waals surface area (Å²) in [4.78, 5) is 29.1. The van der Waals surface area contributed by atoms with E-state index in [1.54, 1.807) is 42.5 Å². The van der Waals surface area contributed by atoms with Gasteiger partial charge in [0, 0.05) is 28.5 Å². The third-order valence-electron chi connectivity index (χ3n) is 5.81. The van der Waals surface area contributed by atoms with E-state index >= 15 is 0 Å². The van der Waals surface area contributed by atoms with Gasteiger partial charge in [-0.25, -0.2) is 8.42 Å². The van der Waals surface area contributed by atoms with Gasteiger partial charge in [0.15, 0.2) is 0 Å². The number of halogens is 2. The van der Waals surface area contributed by atoms with Gasteiger partial charge in [0.2, 0.25) is 21.8 Å². The van der Waals surface area contributed by atoms with E-state index in [-0.39, 0.29) is 24.6 Å². The van der Waals surface area contributed by atoms with E-state index in [2.05, 4.69) is 5.32 Å². The van der Waals surface area contributed by atoms with Crippen LogP contribution in [0.3, 0.4) is 0 Å². The Balaban J connectivity index is 2.07. The third kappa shape index (κ3) is 9.27. The van der Waals surface area contributed by atoms with Crippen molar-refractivity contribution in [3.63, 3.8) is 0 Å². The summed E-state index contributed by atoms with van der Waals surface area (Å²) in [5.74, 6) is -0.886.